The Morgan fingerprint density at radius 1 is 1.31 bits per heavy atom. The Hall–Kier alpha value is -1.38. The lowest BCUT2D eigenvalue weighted by Gasteiger charge is -1.97. The molecule has 0 aromatic heterocycles. The fourth-order valence-electron chi connectivity index (χ4n) is 0.607. The summed E-state index contributed by atoms with van der Waals surface area (Å²) in [4.78, 5) is 21.0. The largest absolute Gasteiger partial charge is 0.460 e. The van der Waals surface area contributed by atoms with Gasteiger partial charge in [0.05, 0.1) is 6.61 Å². The van der Waals surface area contributed by atoms with Gasteiger partial charge in [0, 0.05) is 6.92 Å². The Labute approximate surface area is 78.1 Å². The summed E-state index contributed by atoms with van der Waals surface area (Å²) in [6, 6.07) is 0. The van der Waals surface area contributed by atoms with Crippen molar-refractivity contribution in [3.8, 4) is 0 Å². The van der Waals surface area contributed by atoms with E-state index in [1.54, 1.807) is 0 Å². The zero-order valence-corrected chi connectivity index (χ0v) is 7.95. The van der Waals surface area contributed by atoms with Gasteiger partial charge in [-0.2, -0.15) is 0 Å². The number of Topliss-reactive ketones (excluding diaryl/α,β-unsaturated/α-hetero) is 1. The molecule has 0 spiro atoms. The molecule has 13 heavy (non-hydrogen) atoms. The number of rotatable bonds is 5. The second-order valence-electron chi connectivity index (χ2n) is 2.43. The second-order valence-corrected chi connectivity index (χ2v) is 2.43. The molecule has 0 heterocycles. The van der Waals surface area contributed by atoms with Crippen molar-refractivity contribution in [2.75, 3.05) is 6.61 Å². The minimum absolute atomic E-state index is 0.256. The van der Waals surface area contributed by atoms with Crippen LogP contribution in [0.5, 0.6) is 0 Å². The summed E-state index contributed by atoms with van der Waals surface area (Å²) in [6.07, 6.45) is 8.14. The molecule has 0 aliphatic rings. The van der Waals surface area contributed by atoms with E-state index in [1.807, 2.05) is 31.2 Å². The zero-order chi connectivity index (χ0) is 10.1. The molecule has 0 atom stereocenters. The van der Waals surface area contributed by atoms with E-state index in [0.717, 1.165) is 0 Å². The van der Waals surface area contributed by atoms with Crippen molar-refractivity contribution < 1.29 is 14.3 Å². The fourth-order valence-corrected chi connectivity index (χ4v) is 0.607. The molecule has 0 bridgehead atoms. The first-order valence-electron chi connectivity index (χ1n) is 4.14. The Kier molecular flexibility index (Phi) is 6.51. The van der Waals surface area contributed by atoms with Crippen LogP contribution in [0.25, 0.3) is 0 Å². The number of carbonyl (C=O) groups is 2. The molecule has 3 nitrogen and oxygen atoms in total. The highest BCUT2D eigenvalue weighted by molar-refractivity contribution is 6.32. The van der Waals surface area contributed by atoms with Crippen molar-refractivity contribution in [2.24, 2.45) is 0 Å². The molecule has 0 N–H and O–H groups in total. The van der Waals surface area contributed by atoms with Crippen LogP contribution in [0.2, 0.25) is 0 Å². The number of hydrogen-bond donors (Lipinski definition) is 0. The van der Waals surface area contributed by atoms with E-state index >= 15 is 0 Å². The molecule has 0 fully saturated rings. The van der Waals surface area contributed by atoms with Crippen LogP contribution in [0.1, 0.15) is 20.3 Å². The van der Waals surface area contributed by atoms with Crippen molar-refractivity contribution >= 4 is 11.8 Å². The number of hydrogen-bond acceptors (Lipinski definition) is 3. The number of ketones is 1. The molecule has 0 aromatic rings. The van der Waals surface area contributed by atoms with Crippen LogP contribution in [0.4, 0.5) is 0 Å². The molecule has 0 rings (SSSR count). The predicted molar refractivity (Wildman–Crippen MR) is 50.2 cm³/mol. The zero-order valence-electron chi connectivity index (χ0n) is 7.95. The summed E-state index contributed by atoms with van der Waals surface area (Å²) >= 11 is 0. The van der Waals surface area contributed by atoms with Gasteiger partial charge < -0.3 is 4.74 Å². The first-order valence-corrected chi connectivity index (χ1v) is 4.14. The van der Waals surface area contributed by atoms with Gasteiger partial charge in [0.15, 0.2) is 0 Å². The van der Waals surface area contributed by atoms with Crippen molar-refractivity contribution in [3.05, 3.63) is 24.3 Å². The molecular weight excluding hydrogens is 168 g/mol. The van der Waals surface area contributed by atoms with E-state index in [4.69, 9.17) is 0 Å². The number of ether oxygens (including phenoxy) is 1. The molecule has 0 unspecified atom stereocenters. The molecule has 0 aliphatic carbocycles. The van der Waals surface area contributed by atoms with Gasteiger partial charge in [0.25, 0.3) is 0 Å². The highest BCUT2D eigenvalue weighted by Gasteiger charge is 2.06. The van der Waals surface area contributed by atoms with Crippen LogP contribution in [0, 0.1) is 0 Å². The third-order valence-corrected chi connectivity index (χ3v) is 1.24. The number of esters is 1. The van der Waals surface area contributed by atoms with Crippen molar-refractivity contribution in [3.63, 3.8) is 0 Å². The smallest absolute Gasteiger partial charge is 0.374 e. The third-order valence-electron chi connectivity index (χ3n) is 1.24. The van der Waals surface area contributed by atoms with E-state index < -0.39 is 11.8 Å². The fraction of sp³-hybridized carbons (Fsp3) is 0.400. The van der Waals surface area contributed by atoms with Crippen LogP contribution >= 0.6 is 0 Å². The second kappa shape index (κ2) is 7.28. The molecule has 3 heteroatoms. The first-order chi connectivity index (χ1) is 6.18. The maximum atomic E-state index is 10.6. The van der Waals surface area contributed by atoms with Gasteiger partial charge in [0.1, 0.15) is 0 Å². The Balaban J connectivity index is 3.46. The van der Waals surface area contributed by atoms with E-state index in [0.29, 0.717) is 6.42 Å². The van der Waals surface area contributed by atoms with Gasteiger partial charge in [-0.1, -0.05) is 24.3 Å². The van der Waals surface area contributed by atoms with Gasteiger partial charge in [-0.25, -0.2) is 4.79 Å². The van der Waals surface area contributed by atoms with Gasteiger partial charge in [-0.15, -0.1) is 0 Å². The SMILES string of the molecule is C/C=C/C=C\CCOC(=O)C(C)=O. The summed E-state index contributed by atoms with van der Waals surface area (Å²) in [7, 11) is 0. The highest BCUT2D eigenvalue weighted by atomic mass is 16.5. The summed E-state index contributed by atoms with van der Waals surface area (Å²) in [6.45, 7) is 3.37. The van der Waals surface area contributed by atoms with Crippen molar-refractivity contribution in [2.45, 2.75) is 20.3 Å². The summed E-state index contributed by atoms with van der Waals surface area (Å²) in [5.74, 6) is -1.32. The summed E-state index contributed by atoms with van der Waals surface area (Å²) < 4.78 is 4.62. The highest BCUT2D eigenvalue weighted by Crippen LogP contribution is 1.88. The van der Waals surface area contributed by atoms with Crippen LogP contribution in [0.15, 0.2) is 24.3 Å². The topological polar surface area (TPSA) is 43.4 Å². The van der Waals surface area contributed by atoms with Crippen LogP contribution < -0.4 is 0 Å². The van der Waals surface area contributed by atoms with Crippen molar-refractivity contribution in [1.82, 2.24) is 0 Å². The molecule has 0 saturated carbocycles. The Morgan fingerprint density at radius 3 is 2.54 bits per heavy atom. The van der Waals surface area contributed by atoms with Crippen molar-refractivity contribution in [1.29, 1.82) is 0 Å². The lowest BCUT2D eigenvalue weighted by molar-refractivity contribution is -0.152. The molecule has 0 radical (unpaired) electrons. The van der Waals surface area contributed by atoms with Gasteiger partial charge in [-0.05, 0) is 13.3 Å². The third kappa shape index (κ3) is 7.00. The summed E-state index contributed by atoms with van der Waals surface area (Å²) in [5, 5.41) is 0. The molecular formula is C10H14O3. The number of allylic oxidation sites excluding steroid dienone is 3. The Bertz CT molecular complexity index is 226. The van der Waals surface area contributed by atoms with Crippen LogP contribution in [0.3, 0.4) is 0 Å². The lowest BCUT2D eigenvalue weighted by Crippen LogP contribution is -2.13. The molecule has 0 saturated heterocycles. The van der Waals surface area contributed by atoms with E-state index in [1.165, 1.54) is 6.92 Å². The quantitative estimate of drug-likeness (QED) is 0.281. The normalized spacial score (nSPS) is 10.9. The average molecular weight is 182 g/mol. The molecule has 0 amide bonds. The van der Waals surface area contributed by atoms with E-state index in [9.17, 15) is 9.59 Å². The number of carbonyl (C=O) groups excluding carboxylic acids is 2. The minimum Gasteiger partial charge on any atom is -0.460 e. The average Bonchev–Trinajstić information content (AvgIpc) is 2.10. The molecule has 0 aromatic carbocycles. The maximum Gasteiger partial charge on any atom is 0.374 e. The van der Waals surface area contributed by atoms with Gasteiger partial charge >= 0.3 is 5.97 Å². The standard InChI is InChI=1S/C10H14O3/c1-3-4-5-6-7-8-13-10(12)9(2)11/h3-6H,7-8H2,1-2H3/b4-3+,6-5-. The minimum atomic E-state index is -0.764. The predicted octanol–water partition coefficient (Wildman–Crippen LogP) is 1.64. The van der Waals surface area contributed by atoms with Gasteiger partial charge in [-0.3, -0.25) is 4.79 Å². The monoisotopic (exact) mass is 182 g/mol. The first kappa shape index (κ1) is 11.6. The maximum absolute atomic E-state index is 10.6. The molecule has 72 valence electrons. The lowest BCUT2D eigenvalue weighted by atomic mass is 10.3. The summed E-state index contributed by atoms with van der Waals surface area (Å²) in [5.41, 5.74) is 0. The van der Waals surface area contributed by atoms with Crippen LogP contribution in [-0.4, -0.2) is 18.4 Å². The van der Waals surface area contributed by atoms with Crippen LogP contribution in [-0.2, 0) is 14.3 Å². The van der Waals surface area contributed by atoms with E-state index in [2.05, 4.69) is 4.74 Å². The van der Waals surface area contributed by atoms with E-state index in [-0.39, 0.29) is 6.61 Å². The van der Waals surface area contributed by atoms with Gasteiger partial charge in [0.2, 0.25) is 5.78 Å². The molecule has 0 aliphatic heterocycles. The Morgan fingerprint density at radius 2 is 2.00 bits per heavy atom.